The highest BCUT2D eigenvalue weighted by atomic mass is 16.5. The van der Waals surface area contributed by atoms with E-state index in [0.29, 0.717) is 25.9 Å². The molecule has 0 rings (SSSR count). The number of carbonyl (C=O) groups is 2. The van der Waals surface area contributed by atoms with Crippen LogP contribution in [0.15, 0.2) is 36.5 Å². The quantitative estimate of drug-likeness (QED) is 0.0320. The van der Waals surface area contributed by atoms with E-state index in [0.717, 1.165) is 64.2 Å². The van der Waals surface area contributed by atoms with Crippen LogP contribution in [0.4, 0.5) is 0 Å². The molecule has 2 atom stereocenters. The van der Waals surface area contributed by atoms with Crippen molar-refractivity contribution in [1.82, 2.24) is 5.32 Å². The Balaban J connectivity index is 3.43. The van der Waals surface area contributed by atoms with Gasteiger partial charge in [-0.1, -0.05) is 326 Å². The van der Waals surface area contributed by atoms with Crippen LogP contribution in [0.1, 0.15) is 386 Å². The molecule has 0 aliphatic carbocycles. The average Bonchev–Trinajstić information content (AvgIpc) is 3.44. The molecular formula is C72H137NO5. The summed E-state index contributed by atoms with van der Waals surface area (Å²) in [6.07, 6.45) is 86.1. The van der Waals surface area contributed by atoms with E-state index in [-0.39, 0.29) is 18.5 Å². The number of unbranched alkanes of at least 4 members (excludes halogenated alkanes) is 49. The molecule has 2 unspecified atom stereocenters. The molecule has 6 nitrogen and oxygen atoms in total. The summed E-state index contributed by atoms with van der Waals surface area (Å²) in [7, 11) is 0. The van der Waals surface area contributed by atoms with Gasteiger partial charge < -0.3 is 20.3 Å². The van der Waals surface area contributed by atoms with Crippen LogP contribution in [-0.2, 0) is 14.3 Å². The van der Waals surface area contributed by atoms with Crippen molar-refractivity contribution < 1.29 is 24.5 Å². The Morgan fingerprint density at radius 2 is 0.641 bits per heavy atom. The molecule has 6 heteroatoms. The largest absolute Gasteiger partial charge is 0.466 e. The van der Waals surface area contributed by atoms with Crippen molar-refractivity contribution in [3.63, 3.8) is 0 Å². The smallest absolute Gasteiger partial charge is 0.305 e. The first-order valence-corrected chi connectivity index (χ1v) is 35.2. The van der Waals surface area contributed by atoms with Gasteiger partial charge in [-0.3, -0.25) is 9.59 Å². The maximum atomic E-state index is 12.5. The molecular weight excluding hydrogens is 959 g/mol. The lowest BCUT2D eigenvalue weighted by atomic mass is 10.0. The van der Waals surface area contributed by atoms with Gasteiger partial charge in [-0.2, -0.15) is 0 Å². The molecule has 0 aromatic heterocycles. The maximum absolute atomic E-state index is 12.5. The summed E-state index contributed by atoms with van der Waals surface area (Å²) in [6.45, 7) is 4.94. The predicted molar refractivity (Wildman–Crippen MR) is 343 cm³/mol. The molecule has 0 saturated heterocycles. The minimum atomic E-state index is -0.675. The van der Waals surface area contributed by atoms with Crippen molar-refractivity contribution in [3.8, 4) is 0 Å². The Morgan fingerprint density at radius 1 is 0.359 bits per heavy atom. The topological polar surface area (TPSA) is 95.9 Å². The van der Waals surface area contributed by atoms with E-state index in [2.05, 4.69) is 55.6 Å². The minimum absolute atomic E-state index is 0.000108. The summed E-state index contributed by atoms with van der Waals surface area (Å²) in [5.74, 6) is -0.0453. The first-order valence-electron chi connectivity index (χ1n) is 35.2. The average molecular weight is 1100 g/mol. The second-order valence-corrected chi connectivity index (χ2v) is 24.2. The third-order valence-corrected chi connectivity index (χ3v) is 16.4. The van der Waals surface area contributed by atoms with Gasteiger partial charge >= 0.3 is 5.97 Å². The van der Waals surface area contributed by atoms with Crippen LogP contribution in [-0.4, -0.2) is 47.4 Å². The molecule has 0 aliphatic heterocycles. The highest BCUT2D eigenvalue weighted by Gasteiger charge is 2.20. The second kappa shape index (κ2) is 67.6. The van der Waals surface area contributed by atoms with Crippen LogP contribution >= 0.6 is 0 Å². The number of aliphatic hydroxyl groups is 2. The van der Waals surface area contributed by atoms with E-state index in [1.54, 1.807) is 0 Å². The summed E-state index contributed by atoms with van der Waals surface area (Å²) in [6, 6.07) is -0.554. The number of hydrogen-bond acceptors (Lipinski definition) is 5. The van der Waals surface area contributed by atoms with Gasteiger partial charge in [0.1, 0.15) is 0 Å². The van der Waals surface area contributed by atoms with Gasteiger partial charge in [-0.15, -0.1) is 0 Å². The van der Waals surface area contributed by atoms with Gasteiger partial charge in [-0.25, -0.2) is 0 Å². The third-order valence-electron chi connectivity index (χ3n) is 16.4. The van der Waals surface area contributed by atoms with E-state index < -0.39 is 12.1 Å². The molecule has 0 aromatic carbocycles. The van der Waals surface area contributed by atoms with E-state index in [9.17, 15) is 19.8 Å². The van der Waals surface area contributed by atoms with E-state index >= 15 is 0 Å². The fourth-order valence-electron chi connectivity index (χ4n) is 11.0. The van der Waals surface area contributed by atoms with Crippen LogP contribution in [0.2, 0.25) is 0 Å². The monoisotopic (exact) mass is 1100 g/mol. The van der Waals surface area contributed by atoms with Crippen LogP contribution in [0.25, 0.3) is 0 Å². The summed E-state index contributed by atoms with van der Waals surface area (Å²) in [5, 5.41) is 23.4. The molecule has 460 valence electrons. The fraction of sp³-hybridized carbons (Fsp3) is 0.889. The highest BCUT2D eigenvalue weighted by Crippen LogP contribution is 2.19. The Labute approximate surface area is 487 Å². The standard InChI is InChI=1S/C72H137NO5/c1-3-5-7-9-11-13-15-17-19-21-23-24-25-26-27-29-32-36-40-44-48-52-56-60-64-70(75)69(68-74)73-71(76)65-61-57-53-49-45-41-37-33-30-31-35-39-43-47-51-55-59-63-67-78-72(77)66-62-58-54-50-46-42-38-34-28-22-20-18-16-14-12-10-8-6-4-2/h12,14,18,20,33,37,69-70,74-75H,3-11,13,15-17,19,21-32,34-36,38-68H2,1-2H3,(H,73,76)/b14-12-,20-18-,37-33-. The molecule has 1 amide bonds. The Bertz CT molecular complexity index is 1260. The number of aliphatic hydroxyl groups excluding tert-OH is 2. The summed E-state index contributed by atoms with van der Waals surface area (Å²) in [4.78, 5) is 24.7. The van der Waals surface area contributed by atoms with Crippen LogP contribution < -0.4 is 5.32 Å². The molecule has 0 aromatic rings. The van der Waals surface area contributed by atoms with Crippen molar-refractivity contribution in [2.75, 3.05) is 13.2 Å². The first-order chi connectivity index (χ1) is 38.5. The van der Waals surface area contributed by atoms with Gasteiger partial charge in [0, 0.05) is 12.8 Å². The molecule has 0 bridgehead atoms. The van der Waals surface area contributed by atoms with Crippen molar-refractivity contribution in [3.05, 3.63) is 36.5 Å². The van der Waals surface area contributed by atoms with E-state index in [1.807, 2.05) is 0 Å². The number of amides is 1. The number of esters is 1. The zero-order valence-corrected chi connectivity index (χ0v) is 52.7. The molecule has 78 heavy (non-hydrogen) atoms. The lowest BCUT2D eigenvalue weighted by Gasteiger charge is -2.22. The van der Waals surface area contributed by atoms with Crippen molar-refractivity contribution in [2.45, 2.75) is 398 Å². The SMILES string of the molecule is CCCCC/C=C\C/C=C\CCCCCCCCCCCC(=O)OCCCCCCCCCCC/C=C\CCCCCCCC(=O)NC(CO)C(O)CCCCCCCCCCCCCCCCCCCCCCCCCC. The molecule has 0 radical (unpaired) electrons. The van der Waals surface area contributed by atoms with E-state index in [4.69, 9.17) is 4.74 Å². The molecule has 3 N–H and O–H groups in total. The number of rotatable bonds is 66. The number of nitrogens with one attached hydrogen (secondary N) is 1. The molecule has 0 fully saturated rings. The normalized spacial score (nSPS) is 12.7. The summed E-state index contributed by atoms with van der Waals surface area (Å²) in [5.41, 5.74) is 0. The van der Waals surface area contributed by atoms with Crippen LogP contribution in [0.3, 0.4) is 0 Å². The third kappa shape index (κ3) is 63.3. The van der Waals surface area contributed by atoms with Crippen molar-refractivity contribution >= 4 is 11.9 Å². The van der Waals surface area contributed by atoms with Gasteiger partial charge in [0.05, 0.1) is 25.4 Å². The van der Waals surface area contributed by atoms with Gasteiger partial charge in [0.15, 0.2) is 0 Å². The summed E-state index contributed by atoms with van der Waals surface area (Å²) < 4.78 is 5.50. The Kier molecular flexibility index (Phi) is 65.9. The Morgan fingerprint density at radius 3 is 1.01 bits per heavy atom. The number of hydrogen-bond donors (Lipinski definition) is 3. The van der Waals surface area contributed by atoms with Gasteiger partial charge in [0.25, 0.3) is 0 Å². The van der Waals surface area contributed by atoms with Crippen LogP contribution in [0, 0.1) is 0 Å². The highest BCUT2D eigenvalue weighted by molar-refractivity contribution is 5.76. The zero-order chi connectivity index (χ0) is 56.4. The lowest BCUT2D eigenvalue weighted by Crippen LogP contribution is -2.45. The van der Waals surface area contributed by atoms with Crippen molar-refractivity contribution in [1.29, 1.82) is 0 Å². The molecule has 0 aliphatic rings. The number of allylic oxidation sites excluding steroid dienone is 6. The van der Waals surface area contributed by atoms with E-state index in [1.165, 1.54) is 289 Å². The minimum Gasteiger partial charge on any atom is -0.466 e. The molecule has 0 heterocycles. The van der Waals surface area contributed by atoms with Crippen LogP contribution in [0.5, 0.6) is 0 Å². The second-order valence-electron chi connectivity index (χ2n) is 24.2. The first kappa shape index (κ1) is 76.1. The molecule has 0 spiro atoms. The van der Waals surface area contributed by atoms with Crippen molar-refractivity contribution in [2.24, 2.45) is 0 Å². The number of carbonyl (C=O) groups excluding carboxylic acids is 2. The fourth-order valence-corrected chi connectivity index (χ4v) is 11.0. The number of ether oxygens (including phenoxy) is 1. The summed E-state index contributed by atoms with van der Waals surface area (Å²) >= 11 is 0. The predicted octanol–water partition coefficient (Wildman–Crippen LogP) is 22.7. The maximum Gasteiger partial charge on any atom is 0.305 e. The van der Waals surface area contributed by atoms with Gasteiger partial charge in [0.2, 0.25) is 5.91 Å². The molecule has 0 saturated carbocycles. The lowest BCUT2D eigenvalue weighted by molar-refractivity contribution is -0.143. The zero-order valence-electron chi connectivity index (χ0n) is 52.7. The Hall–Kier alpha value is -1.92. The van der Waals surface area contributed by atoms with Gasteiger partial charge in [-0.05, 0) is 83.5 Å².